The summed E-state index contributed by atoms with van der Waals surface area (Å²) in [5.41, 5.74) is 7.53. The topological polar surface area (TPSA) is 184 Å². The molecule has 0 aliphatic rings. The van der Waals surface area contributed by atoms with Gasteiger partial charge in [-0.1, -0.05) is 45.1 Å². The second kappa shape index (κ2) is 21.4. The Morgan fingerprint density at radius 1 is 0.450 bits per heavy atom. The molecule has 8 rings (SSSR count). The summed E-state index contributed by atoms with van der Waals surface area (Å²) in [6.07, 6.45) is 9.37. The lowest BCUT2D eigenvalue weighted by Gasteiger charge is -2.01. The van der Waals surface area contributed by atoms with Crippen molar-refractivity contribution in [2.24, 2.45) is 0 Å². The lowest BCUT2D eigenvalue weighted by atomic mass is 10.2. The third-order valence-corrected chi connectivity index (χ3v) is 8.85. The molecule has 0 aliphatic heterocycles. The van der Waals surface area contributed by atoms with Crippen molar-refractivity contribution in [2.45, 2.75) is 86.5 Å². The molecule has 0 N–H and O–H groups in total. The summed E-state index contributed by atoms with van der Waals surface area (Å²) in [5.74, 6) is 0.580. The number of ether oxygens (including phenoxy) is 1. The summed E-state index contributed by atoms with van der Waals surface area (Å²) in [6.45, 7) is 18.5. The first kappa shape index (κ1) is 44.5. The van der Waals surface area contributed by atoms with Crippen LogP contribution in [0.2, 0.25) is 0 Å². The molecule has 8 aromatic heterocycles. The van der Waals surface area contributed by atoms with Gasteiger partial charge < -0.3 is 4.74 Å². The fourth-order valence-corrected chi connectivity index (χ4v) is 5.35. The summed E-state index contributed by atoms with van der Waals surface area (Å²) in [5, 5.41) is 32.4. The average molecular weight is 876 g/mol. The van der Waals surface area contributed by atoms with Crippen LogP contribution in [-0.4, -0.2) is 87.0 Å². The summed E-state index contributed by atoms with van der Waals surface area (Å²) in [7, 11) is 1.59. The molecule has 0 saturated carbocycles. The number of hydrogen-bond acceptors (Lipinski definition) is 13. The molecule has 8 aromatic rings. The van der Waals surface area contributed by atoms with Crippen LogP contribution in [0.25, 0.3) is 45.6 Å². The second-order valence-electron chi connectivity index (χ2n) is 14.5. The quantitative estimate of drug-likeness (QED) is 0.126. The van der Waals surface area contributed by atoms with E-state index in [1.54, 1.807) is 24.1 Å². The summed E-state index contributed by atoms with van der Waals surface area (Å²) in [4.78, 5) is 17.2. The lowest BCUT2D eigenvalue weighted by Crippen LogP contribution is -2.00. The molecule has 312 valence electrons. The van der Waals surface area contributed by atoms with Crippen LogP contribution in [0.1, 0.15) is 85.3 Å². The Hall–Kier alpha value is -6.56. The highest BCUT2D eigenvalue weighted by atomic mass is 79.9. The number of nitrogens with zero attached hydrogens (tertiary/aromatic N) is 16. The van der Waals surface area contributed by atoms with E-state index in [2.05, 4.69) is 133 Å². The molecule has 8 heterocycles. The number of aryl methyl sites for hydroxylation is 1. The van der Waals surface area contributed by atoms with Crippen molar-refractivity contribution in [1.29, 1.82) is 0 Å². The largest absolute Gasteiger partial charge is 0.481 e. The Morgan fingerprint density at radius 2 is 0.850 bits per heavy atom. The minimum atomic E-state index is 0.298. The number of rotatable bonds is 9. The van der Waals surface area contributed by atoms with E-state index in [4.69, 9.17) is 4.74 Å². The Balaban J connectivity index is 0.000000152. The minimum Gasteiger partial charge on any atom is -0.481 e. The molecule has 17 nitrogen and oxygen atoms in total. The standard InChI is InChI=1S/C11H14N4O.C11H14N4.C10H11BrN4.C10H12N4/c1-8(2)15-7-10(13-14-15)9-5-4-6-11(12-9)16-3;1-8(2)15-7-11(13-14-15)10-6-4-5-9(3)12-10;1-7(2)15-6-9(13-14-15)8-4-3-5-10(11)12-8;1-8(2)14-7-10(12-13-14)9-5-3-4-6-11-9/h4-8H,1-3H3;4-8H,1-3H3;3-7H,1-2H3;3-8H,1-2H3. The molecule has 0 aromatic carbocycles. The van der Waals surface area contributed by atoms with Crippen molar-refractivity contribution < 1.29 is 4.74 Å². The lowest BCUT2D eigenvalue weighted by molar-refractivity contribution is 0.398. The van der Waals surface area contributed by atoms with Crippen molar-refractivity contribution in [1.82, 2.24) is 79.9 Å². The molecule has 18 heteroatoms. The van der Waals surface area contributed by atoms with Crippen molar-refractivity contribution in [3.05, 3.63) is 114 Å². The van der Waals surface area contributed by atoms with E-state index in [0.29, 0.717) is 30.0 Å². The number of pyridine rings is 4. The number of hydrogen-bond donors (Lipinski definition) is 0. The first-order valence-electron chi connectivity index (χ1n) is 19.5. The normalized spacial score (nSPS) is 10.8. The minimum absolute atomic E-state index is 0.298. The predicted octanol–water partition coefficient (Wildman–Crippen LogP) is 8.76. The maximum absolute atomic E-state index is 5.06. The molecule has 0 fully saturated rings. The van der Waals surface area contributed by atoms with Crippen LogP contribution in [0, 0.1) is 6.92 Å². The van der Waals surface area contributed by atoms with E-state index in [1.807, 2.05) is 112 Å². The monoisotopic (exact) mass is 874 g/mol. The van der Waals surface area contributed by atoms with Crippen molar-refractivity contribution in [2.75, 3.05) is 7.11 Å². The number of halogens is 1. The fourth-order valence-electron chi connectivity index (χ4n) is 5.01. The molecule has 0 amide bonds. The number of methoxy groups -OCH3 is 1. The van der Waals surface area contributed by atoms with Crippen LogP contribution in [0.3, 0.4) is 0 Å². The van der Waals surface area contributed by atoms with Gasteiger partial charge in [0.25, 0.3) is 0 Å². The zero-order valence-corrected chi connectivity index (χ0v) is 37.2. The van der Waals surface area contributed by atoms with E-state index in [1.165, 1.54) is 0 Å². The summed E-state index contributed by atoms with van der Waals surface area (Å²) < 4.78 is 13.1. The van der Waals surface area contributed by atoms with Gasteiger partial charge in [-0.2, -0.15) is 0 Å². The molecule has 0 aliphatic carbocycles. The van der Waals surface area contributed by atoms with E-state index in [9.17, 15) is 0 Å². The molecule has 0 unspecified atom stereocenters. The molecule has 0 atom stereocenters. The van der Waals surface area contributed by atoms with Gasteiger partial charge in [-0.25, -0.2) is 28.7 Å². The molecular formula is C42H51BrN16O. The van der Waals surface area contributed by atoms with Crippen LogP contribution in [0.5, 0.6) is 5.88 Å². The van der Waals surface area contributed by atoms with Crippen LogP contribution in [0.4, 0.5) is 0 Å². The van der Waals surface area contributed by atoms with Gasteiger partial charge >= 0.3 is 0 Å². The van der Waals surface area contributed by atoms with Crippen LogP contribution in [0.15, 0.2) is 108 Å². The van der Waals surface area contributed by atoms with Gasteiger partial charge in [0.2, 0.25) is 5.88 Å². The van der Waals surface area contributed by atoms with Gasteiger partial charge in [-0.15, -0.1) is 20.4 Å². The van der Waals surface area contributed by atoms with Crippen LogP contribution < -0.4 is 4.74 Å². The molecule has 0 spiro atoms. The summed E-state index contributed by atoms with van der Waals surface area (Å²) >= 11 is 3.33. The van der Waals surface area contributed by atoms with E-state index < -0.39 is 0 Å². The SMILES string of the molecule is CC(C)n1cc(-c2cccc(Br)n2)nn1.CC(C)n1cc(-c2ccccn2)nn1.COc1cccc(-c2cn(C(C)C)nn2)n1.Cc1cccc(-c2cn(C(C)C)nn2)n1. The van der Waals surface area contributed by atoms with E-state index in [0.717, 1.165) is 55.8 Å². The van der Waals surface area contributed by atoms with Crippen molar-refractivity contribution in [3.63, 3.8) is 0 Å². The maximum Gasteiger partial charge on any atom is 0.213 e. The van der Waals surface area contributed by atoms with Gasteiger partial charge in [0.1, 0.15) is 27.4 Å². The second-order valence-corrected chi connectivity index (χ2v) is 15.3. The highest BCUT2D eigenvalue weighted by Gasteiger charge is 2.10. The Kier molecular flexibility index (Phi) is 15.9. The highest BCUT2D eigenvalue weighted by Crippen LogP contribution is 2.20. The van der Waals surface area contributed by atoms with Gasteiger partial charge in [0.15, 0.2) is 0 Å². The number of aromatic nitrogens is 16. The van der Waals surface area contributed by atoms with Crippen molar-refractivity contribution >= 4 is 15.9 Å². The van der Waals surface area contributed by atoms with E-state index >= 15 is 0 Å². The maximum atomic E-state index is 5.06. The molecule has 60 heavy (non-hydrogen) atoms. The third-order valence-electron chi connectivity index (χ3n) is 8.41. The Labute approximate surface area is 358 Å². The molecule has 0 bridgehead atoms. The first-order chi connectivity index (χ1) is 28.8. The molecular weight excluding hydrogens is 824 g/mol. The van der Waals surface area contributed by atoms with Crippen LogP contribution >= 0.6 is 15.9 Å². The zero-order chi connectivity index (χ0) is 43.2. The molecule has 0 radical (unpaired) electrons. The van der Waals surface area contributed by atoms with E-state index in [-0.39, 0.29) is 0 Å². The smallest absolute Gasteiger partial charge is 0.213 e. The van der Waals surface area contributed by atoms with Crippen molar-refractivity contribution in [3.8, 4) is 51.4 Å². The summed E-state index contributed by atoms with van der Waals surface area (Å²) in [6, 6.07) is 24.2. The van der Waals surface area contributed by atoms with Gasteiger partial charge in [0.05, 0.1) is 54.7 Å². The zero-order valence-electron chi connectivity index (χ0n) is 35.6. The van der Waals surface area contributed by atoms with Gasteiger partial charge in [-0.05, 0) is 121 Å². The van der Waals surface area contributed by atoms with Crippen LogP contribution in [-0.2, 0) is 0 Å². The predicted molar refractivity (Wildman–Crippen MR) is 234 cm³/mol. The fraction of sp³-hybridized carbons (Fsp3) is 0.333. The average Bonchev–Trinajstić information content (AvgIpc) is 4.09. The Bertz CT molecular complexity index is 2420. The Morgan fingerprint density at radius 3 is 1.23 bits per heavy atom. The highest BCUT2D eigenvalue weighted by molar-refractivity contribution is 9.10. The van der Waals surface area contributed by atoms with Gasteiger partial charge in [-0.3, -0.25) is 9.97 Å². The van der Waals surface area contributed by atoms with Gasteiger partial charge in [0, 0.05) is 42.1 Å². The first-order valence-corrected chi connectivity index (χ1v) is 20.3. The third kappa shape index (κ3) is 12.7. The molecule has 0 saturated heterocycles.